The van der Waals surface area contributed by atoms with Gasteiger partial charge in [0.05, 0.1) is 6.61 Å². The third-order valence-corrected chi connectivity index (χ3v) is 3.80. The molecule has 0 radical (unpaired) electrons. The maximum absolute atomic E-state index is 5.32. The smallest absolute Gasteiger partial charge is 0.0630 e. The van der Waals surface area contributed by atoms with Crippen LogP contribution in [0.3, 0.4) is 0 Å². The average molecular weight is 212 g/mol. The van der Waals surface area contributed by atoms with Gasteiger partial charge in [-0.1, -0.05) is 19.3 Å². The van der Waals surface area contributed by atoms with Crippen molar-refractivity contribution >= 4 is 0 Å². The minimum Gasteiger partial charge on any atom is -0.383 e. The molecule has 1 atom stereocenters. The van der Waals surface area contributed by atoms with Crippen molar-refractivity contribution in [3.05, 3.63) is 0 Å². The summed E-state index contributed by atoms with van der Waals surface area (Å²) in [6, 6.07) is 1.44. The number of nitrogens with one attached hydrogen (secondary N) is 1. The van der Waals surface area contributed by atoms with Gasteiger partial charge in [-0.25, -0.2) is 0 Å². The van der Waals surface area contributed by atoms with Crippen LogP contribution in [0.1, 0.15) is 32.1 Å². The third-order valence-electron chi connectivity index (χ3n) is 3.80. The minimum absolute atomic E-state index is 0.604. The van der Waals surface area contributed by atoms with Crippen molar-refractivity contribution in [2.45, 2.75) is 44.2 Å². The maximum Gasteiger partial charge on any atom is 0.0630 e. The molecule has 15 heavy (non-hydrogen) atoms. The number of methoxy groups -OCH3 is 1. The van der Waals surface area contributed by atoms with Crippen LogP contribution < -0.4 is 5.32 Å². The van der Waals surface area contributed by atoms with E-state index in [1.54, 1.807) is 0 Å². The SMILES string of the molecule is COCC1CNCCN1C1CCCCC1. The predicted molar refractivity (Wildman–Crippen MR) is 62.1 cm³/mol. The molecule has 0 aromatic heterocycles. The Morgan fingerprint density at radius 3 is 2.80 bits per heavy atom. The number of ether oxygens (including phenoxy) is 1. The van der Waals surface area contributed by atoms with Crippen LogP contribution in [0, 0.1) is 0 Å². The summed E-state index contributed by atoms with van der Waals surface area (Å²) < 4.78 is 5.32. The van der Waals surface area contributed by atoms with Crippen LogP contribution in [-0.4, -0.2) is 50.3 Å². The molecule has 3 heteroatoms. The van der Waals surface area contributed by atoms with Gasteiger partial charge in [0.1, 0.15) is 0 Å². The van der Waals surface area contributed by atoms with Gasteiger partial charge in [-0.2, -0.15) is 0 Å². The van der Waals surface area contributed by atoms with Crippen LogP contribution in [0.2, 0.25) is 0 Å². The van der Waals surface area contributed by atoms with Gasteiger partial charge < -0.3 is 10.1 Å². The highest BCUT2D eigenvalue weighted by molar-refractivity contribution is 4.86. The summed E-state index contributed by atoms with van der Waals surface area (Å²) in [5.74, 6) is 0. The number of hydrogen-bond acceptors (Lipinski definition) is 3. The first kappa shape index (κ1) is 11.4. The van der Waals surface area contributed by atoms with Gasteiger partial charge in [-0.05, 0) is 12.8 Å². The lowest BCUT2D eigenvalue weighted by Crippen LogP contribution is -2.57. The molecule has 0 aromatic carbocycles. The molecule has 1 aliphatic heterocycles. The summed E-state index contributed by atoms with van der Waals surface area (Å²) in [5.41, 5.74) is 0. The molecule has 1 unspecified atom stereocenters. The Labute approximate surface area is 93.2 Å². The molecule has 3 nitrogen and oxygen atoms in total. The van der Waals surface area contributed by atoms with Gasteiger partial charge in [0.2, 0.25) is 0 Å². The summed E-state index contributed by atoms with van der Waals surface area (Å²) in [6.07, 6.45) is 7.10. The van der Waals surface area contributed by atoms with Crippen LogP contribution in [0.15, 0.2) is 0 Å². The molecule has 1 aliphatic carbocycles. The molecule has 2 fully saturated rings. The summed E-state index contributed by atoms with van der Waals surface area (Å²) in [6.45, 7) is 4.34. The Hall–Kier alpha value is -0.120. The molecule has 0 aromatic rings. The van der Waals surface area contributed by atoms with Crippen LogP contribution in [0.25, 0.3) is 0 Å². The zero-order valence-corrected chi connectivity index (χ0v) is 9.87. The molecule has 1 saturated carbocycles. The summed E-state index contributed by atoms with van der Waals surface area (Å²) >= 11 is 0. The third kappa shape index (κ3) is 2.92. The summed E-state index contributed by atoms with van der Waals surface area (Å²) in [5, 5.41) is 3.47. The Morgan fingerprint density at radius 2 is 2.07 bits per heavy atom. The van der Waals surface area contributed by atoms with Crippen LogP contribution in [0.4, 0.5) is 0 Å². The van der Waals surface area contributed by atoms with E-state index in [-0.39, 0.29) is 0 Å². The topological polar surface area (TPSA) is 24.5 Å². The van der Waals surface area contributed by atoms with E-state index in [0.717, 1.165) is 25.7 Å². The Bertz CT molecular complexity index is 168. The Morgan fingerprint density at radius 1 is 1.27 bits per heavy atom. The molecule has 1 N–H and O–H groups in total. The van der Waals surface area contributed by atoms with Crippen molar-refractivity contribution in [2.75, 3.05) is 33.4 Å². The van der Waals surface area contributed by atoms with Crippen molar-refractivity contribution in [3.63, 3.8) is 0 Å². The first-order valence-corrected chi connectivity index (χ1v) is 6.37. The van der Waals surface area contributed by atoms with Gasteiger partial charge in [0.15, 0.2) is 0 Å². The van der Waals surface area contributed by atoms with E-state index in [4.69, 9.17) is 4.74 Å². The fraction of sp³-hybridized carbons (Fsp3) is 1.00. The highest BCUT2D eigenvalue weighted by atomic mass is 16.5. The van der Waals surface area contributed by atoms with Crippen LogP contribution in [0.5, 0.6) is 0 Å². The monoisotopic (exact) mass is 212 g/mol. The quantitative estimate of drug-likeness (QED) is 0.762. The number of nitrogens with zero attached hydrogens (tertiary/aromatic N) is 1. The molecule has 88 valence electrons. The van der Waals surface area contributed by atoms with Crippen LogP contribution >= 0.6 is 0 Å². The fourth-order valence-corrected chi connectivity index (χ4v) is 3.02. The second kappa shape index (κ2) is 5.83. The molecule has 2 aliphatic rings. The van der Waals surface area contributed by atoms with Crippen LogP contribution in [-0.2, 0) is 4.74 Å². The molecule has 1 saturated heterocycles. The molecular formula is C12H24N2O. The normalized spacial score (nSPS) is 30.6. The van der Waals surface area contributed by atoms with E-state index >= 15 is 0 Å². The van der Waals surface area contributed by atoms with Gasteiger partial charge in [0, 0.05) is 38.8 Å². The Balaban J connectivity index is 1.90. The molecule has 2 rings (SSSR count). The average Bonchev–Trinajstić information content (AvgIpc) is 2.31. The highest BCUT2D eigenvalue weighted by Crippen LogP contribution is 2.24. The van der Waals surface area contributed by atoms with Gasteiger partial charge in [0.25, 0.3) is 0 Å². The first-order chi connectivity index (χ1) is 7.42. The van der Waals surface area contributed by atoms with E-state index < -0.39 is 0 Å². The highest BCUT2D eigenvalue weighted by Gasteiger charge is 2.29. The second-order valence-electron chi connectivity index (χ2n) is 4.84. The zero-order chi connectivity index (χ0) is 10.5. The maximum atomic E-state index is 5.32. The zero-order valence-electron chi connectivity index (χ0n) is 9.87. The van der Waals surface area contributed by atoms with E-state index in [1.807, 2.05) is 7.11 Å². The van der Waals surface area contributed by atoms with Crippen molar-refractivity contribution < 1.29 is 4.74 Å². The van der Waals surface area contributed by atoms with Crippen molar-refractivity contribution in [3.8, 4) is 0 Å². The molecule has 1 heterocycles. The van der Waals surface area contributed by atoms with E-state index in [1.165, 1.54) is 38.6 Å². The fourth-order valence-electron chi connectivity index (χ4n) is 3.02. The standard InChI is InChI=1S/C12H24N2O/c1-15-10-12-9-13-7-8-14(12)11-5-3-2-4-6-11/h11-13H,2-10H2,1H3. The first-order valence-electron chi connectivity index (χ1n) is 6.37. The molecule has 0 bridgehead atoms. The van der Waals surface area contributed by atoms with E-state index in [0.29, 0.717) is 6.04 Å². The summed E-state index contributed by atoms with van der Waals surface area (Å²) in [4.78, 5) is 2.69. The van der Waals surface area contributed by atoms with Gasteiger partial charge >= 0.3 is 0 Å². The van der Waals surface area contributed by atoms with Gasteiger partial charge in [-0.15, -0.1) is 0 Å². The van der Waals surface area contributed by atoms with E-state index in [9.17, 15) is 0 Å². The molecular weight excluding hydrogens is 188 g/mol. The Kier molecular flexibility index (Phi) is 4.42. The van der Waals surface area contributed by atoms with E-state index in [2.05, 4.69) is 10.2 Å². The largest absolute Gasteiger partial charge is 0.383 e. The molecule has 0 spiro atoms. The summed E-state index contributed by atoms with van der Waals surface area (Å²) in [7, 11) is 1.81. The second-order valence-corrected chi connectivity index (χ2v) is 4.84. The minimum atomic E-state index is 0.604. The predicted octanol–water partition coefficient (Wildman–Crippen LogP) is 1.24. The number of rotatable bonds is 3. The number of piperazine rings is 1. The van der Waals surface area contributed by atoms with Crippen molar-refractivity contribution in [1.82, 2.24) is 10.2 Å². The lowest BCUT2D eigenvalue weighted by atomic mass is 9.92. The van der Waals surface area contributed by atoms with Gasteiger partial charge in [-0.3, -0.25) is 4.90 Å². The lowest BCUT2D eigenvalue weighted by Gasteiger charge is -2.42. The van der Waals surface area contributed by atoms with Crippen molar-refractivity contribution in [2.24, 2.45) is 0 Å². The molecule has 0 amide bonds. The van der Waals surface area contributed by atoms with Crippen molar-refractivity contribution in [1.29, 1.82) is 0 Å². The number of hydrogen-bond donors (Lipinski definition) is 1. The lowest BCUT2D eigenvalue weighted by molar-refractivity contribution is 0.0318.